The molecule has 2 N–H and O–H groups in total. The molecule has 8 heteroatoms. The van der Waals surface area contributed by atoms with Crippen LogP contribution in [0.1, 0.15) is 12.5 Å². The second-order valence-corrected chi connectivity index (χ2v) is 4.94. The van der Waals surface area contributed by atoms with Gasteiger partial charge < -0.3 is 10.5 Å². The Morgan fingerprint density at radius 3 is 2.73 bits per heavy atom. The molecule has 0 aliphatic rings. The number of hydrogen-bond acceptors (Lipinski definition) is 7. The maximum Gasteiger partial charge on any atom is 0.247 e. The number of pyridine rings is 1. The number of hydrogen-bond donors (Lipinski definition) is 1. The van der Waals surface area contributed by atoms with Gasteiger partial charge in [-0.1, -0.05) is 11.6 Å². The first kappa shape index (κ1) is 14.4. The van der Waals surface area contributed by atoms with Crippen LogP contribution in [0.5, 0.6) is 5.88 Å². The molecule has 0 aliphatic heterocycles. The highest BCUT2D eigenvalue weighted by atomic mass is 35.5. The first-order chi connectivity index (χ1) is 10.6. The van der Waals surface area contributed by atoms with Crippen molar-refractivity contribution >= 4 is 28.7 Å². The van der Waals surface area contributed by atoms with Crippen LogP contribution >= 0.6 is 11.6 Å². The third-order valence-corrected chi connectivity index (χ3v) is 3.38. The van der Waals surface area contributed by atoms with Crippen molar-refractivity contribution in [2.45, 2.75) is 13.8 Å². The van der Waals surface area contributed by atoms with Crippen molar-refractivity contribution in [1.29, 1.82) is 0 Å². The SMILES string of the molecule is CCOc1nc(N)nc2ncc(-c3cnc(Cl)c(C)c3)nc12. The zero-order valence-corrected chi connectivity index (χ0v) is 12.8. The minimum Gasteiger partial charge on any atom is -0.476 e. The summed E-state index contributed by atoms with van der Waals surface area (Å²) >= 11 is 5.95. The monoisotopic (exact) mass is 316 g/mol. The molecule has 0 aromatic carbocycles. The predicted molar refractivity (Wildman–Crippen MR) is 83.7 cm³/mol. The van der Waals surface area contributed by atoms with Crippen molar-refractivity contribution < 1.29 is 4.74 Å². The Kier molecular flexibility index (Phi) is 3.72. The first-order valence-electron chi connectivity index (χ1n) is 6.64. The van der Waals surface area contributed by atoms with Crippen LogP contribution in [-0.2, 0) is 0 Å². The van der Waals surface area contributed by atoms with E-state index in [0.29, 0.717) is 34.5 Å². The van der Waals surface area contributed by atoms with Gasteiger partial charge >= 0.3 is 0 Å². The smallest absolute Gasteiger partial charge is 0.247 e. The van der Waals surface area contributed by atoms with Crippen molar-refractivity contribution in [3.63, 3.8) is 0 Å². The summed E-state index contributed by atoms with van der Waals surface area (Å²) in [6.45, 7) is 4.18. The van der Waals surface area contributed by atoms with E-state index in [0.717, 1.165) is 11.1 Å². The quantitative estimate of drug-likeness (QED) is 0.740. The maximum absolute atomic E-state index is 5.95. The standard InChI is InChI=1S/C14H13ClN6O/c1-3-22-13-10-12(20-14(16)21-13)18-6-9(19-10)8-4-7(2)11(15)17-5-8/h4-6H,3H2,1-2H3,(H2,16,18,20,21). The van der Waals surface area contributed by atoms with E-state index in [4.69, 9.17) is 22.1 Å². The Hall–Kier alpha value is -2.54. The minimum absolute atomic E-state index is 0.0991. The van der Waals surface area contributed by atoms with Crippen LogP contribution < -0.4 is 10.5 Å². The van der Waals surface area contributed by atoms with Crippen LogP contribution in [0.25, 0.3) is 22.4 Å². The largest absolute Gasteiger partial charge is 0.476 e. The fourth-order valence-corrected chi connectivity index (χ4v) is 2.08. The van der Waals surface area contributed by atoms with Gasteiger partial charge in [-0.2, -0.15) is 9.97 Å². The molecule has 112 valence electrons. The van der Waals surface area contributed by atoms with Gasteiger partial charge in [0.05, 0.1) is 18.5 Å². The summed E-state index contributed by atoms with van der Waals surface area (Å²) in [6, 6.07) is 1.89. The molecular weight excluding hydrogens is 304 g/mol. The lowest BCUT2D eigenvalue weighted by Crippen LogP contribution is -2.04. The van der Waals surface area contributed by atoms with Gasteiger partial charge in [-0.25, -0.2) is 15.0 Å². The van der Waals surface area contributed by atoms with Crippen molar-refractivity contribution in [1.82, 2.24) is 24.9 Å². The molecule has 3 rings (SSSR count). The van der Waals surface area contributed by atoms with E-state index in [9.17, 15) is 0 Å². The molecule has 0 saturated carbocycles. The van der Waals surface area contributed by atoms with E-state index < -0.39 is 0 Å². The summed E-state index contributed by atoms with van der Waals surface area (Å²) in [4.78, 5) is 21.1. The molecule has 3 aromatic rings. The maximum atomic E-state index is 5.95. The number of nitrogens with two attached hydrogens (primary N) is 1. The Balaban J connectivity index is 2.17. The molecule has 7 nitrogen and oxygen atoms in total. The zero-order chi connectivity index (χ0) is 15.7. The third-order valence-electron chi connectivity index (χ3n) is 2.98. The third kappa shape index (κ3) is 2.62. The second-order valence-electron chi connectivity index (χ2n) is 4.58. The van der Waals surface area contributed by atoms with E-state index in [2.05, 4.69) is 24.9 Å². The molecule has 0 spiro atoms. The molecule has 3 heterocycles. The fourth-order valence-electron chi connectivity index (χ4n) is 1.97. The van der Waals surface area contributed by atoms with Crippen LogP contribution in [0.2, 0.25) is 5.15 Å². The van der Waals surface area contributed by atoms with Gasteiger partial charge in [0.2, 0.25) is 11.8 Å². The van der Waals surface area contributed by atoms with Crippen molar-refractivity contribution in [3.8, 4) is 17.1 Å². The number of ether oxygens (including phenoxy) is 1. The van der Waals surface area contributed by atoms with Crippen LogP contribution in [-0.4, -0.2) is 31.5 Å². The number of aromatic nitrogens is 5. The summed E-state index contributed by atoms with van der Waals surface area (Å²) in [5.74, 6) is 0.417. The Morgan fingerprint density at radius 1 is 1.18 bits per heavy atom. The highest BCUT2D eigenvalue weighted by Crippen LogP contribution is 2.25. The summed E-state index contributed by atoms with van der Waals surface area (Å²) in [6.07, 6.45) is 3.25. The van der Waals surface area contributed by atoms with E-state index in [1.807, 2.05) is 19.9 Å². The van der Waals surface area contributed by atoms with Gasteiger partial charge in [-0.3, -0.25) is 0 Å². The molecule has 0 aliphatic carbocycles. The van der Waals surface area contributed by atoms with Crippen molar-refractivity contribution in [3.05, 3.63) is 29.2 Å². The first-order valence-corrected chi connectivity index (χ1v) is 7.02. The number of fused-ring (bicyclic) bond motifs is 1. The zero-order valence-electron chi connectivity index (χ0n) is 12.0. The van der Waals surface area contributed by atoms with Crippen LogP contribution in [0.3, 0.4) is 0 Å². The summed E-state index contributed by atoms with van der Waals surface area (Å²) < 4.78 is 5.46. The van der Waals surface area contributed by atoms with Gasteiger partial charge in [-0.05, 0) is 25.5 Å². The van der Waals surface area contributed by atoms with Crippen molar-refractivity contribution in [2.75, 3.05) is 12.3 Å². The van der Waals surface area contributed by atoms with Crippen LogP contribution in [0.4, 0.5) is 5.95 Å². The molecular formula is C14H13ClN6O. The number of nitrogens with zero attached hydrogens (tertiary/aromatic N) is 5. The average Bonchev–Trinajstić information content (AvgIpc) is 2.50. The molecule has 22 heavy (non-hydrogen) atoms. The van der Waals surface area contributed by atoms with Gasteiger partial charge in [0.25, 0.3) is 0 Å². The normalized spacial score (nSPS) is 10.9. The van der Waals surface area contributed by atoms with Crippen LogP contribution in [0.15, 0.2) is 18.5 Å². The lowest BCUT2D eigenvalue weighted by molar-refractivity contribution is 0.330. The molecule has 0 saturated heterocycles. The number of halogens is 1. The van der Waals surface area contributed by atoms with Crippen molar-refractivity contribution in [2.24, 2.45) is 0 Å². The molecule has 0 fully saturated rings. The number of rotatable bonds is 3. The highest BCUT2D eigenvalue weighted by Gasteiger charge is 2.12. The predicted octanol–water partition coefficient (Wildman–Crippen LogP) is 2.42. The Bertz CT molecular complexity index is 854. The topological polar surface area (TPSA) is 99.7 Å². The molecule has 0 amide bonds. The number of nitrogen functional groups attached to an aromatic ring is 1. The van der Waals surface area contributed by atoms with E-state index >= 15 is 0 Å². The fraction of sp³-hybridized carbons (Fsp3) is 0.214. The molecule has 3 aromatic heterocycles. The van der Waals surface area contributed by atoms with E-state index in [1.165, 1.54) is 0 Å². The van der Waals surface area contributed by atoms with Gasteiger partial charge in [-0.15, -0.1) is 0 Å². The van der Waals surface area contributed by atoms with Gasteiger partial charge in [0.1, 0.15) is 5.15 Å². The highest BCUT2D eigenvalue weighted by molar-refractivity contribution is 6.30. The van der Waals surface area contributed by atoms with Crippen LogP contribution in [0, 0.1) is 6.92 Å². The minimum atomic E-state index is 0.0991. The summed E-state index contributed by atoms with van der Waals surface area (Å²) in [5, 5.41) is 0.462. The molecule has 0 atom stereocenters. The number of anilines is 1. The van der Waals surface area contributed by atoms with Gasteiger partial charge in [0, 0.05) is 11.8 Å². The second kappa shape index (κ2) is 5.69. The molecule has 0 radical (unpaired) electrons. The number of aryl methyl sites for hydroxylation is 1. The summed E-state index contributed by atoms with van der Waals surface area (Å²) in [7, 11) is 0. The molecule has 0 bridgehead atoms. The van der Waals surface area contributed by atoms with E-state index in [1.54, 1.807) is 12.4 Å². The average molecular weight is 317 g/mol. The molecule has 0 unspecified atom stereocenters. The van der Waals surface area contributed by atoms with Gasteiger partial charge in [0.15, 0.2) is 11.2 Å². The Labute approximate surface area is 131 Å². The lowest BCUT2D eigenvalue weighted by atomic mass is 10.2. The summed E-state index contributed by atoms with van der Waals surface area (Å²) in [5.41, 5.74) is 8.79. The lowest BCUT2D eigenvalue weighted by Gasteiger charge is -2.08. The van der Waals surface area contributed by atoms with E-state index in [-0.39, 0.29) is 5.95 Å². The Morgan fingerprint density at radius 2 is 2.00 bits per heavy atom.